The molecule has 0 radical (unpaired) electrons. The summed E-state index contributed by atoms with van der Waals surface area (Å²) in [5.41, 5.74) is 2.93. The minimum atomic E-state index is -0.105. The van der Waals surface area contributed by atoms with Gasteiger partial charge in [-0.25, -0.2) is 9.97 Å². The van der Waals surface area contributed by atoms with Crippen molar-refractivity contribution in [3.05, 3.63) is 54.1 Å². The molecule has 1 aromatic heterocycles. The first kappa shape index (κ1) is 18.5. The Morgan fingerprint density at radius 2 is 1.68 bits per heavy atom. The van der Waals surface area contributed by atoms with Gasteiger partial charge in [-0.3, -0.25) is 0 Å². The molecule has 1 aliphatic heterocycles. The zero-order valence-corrected chi connectivity index (χ0v) is 16.4. The monoisotopic (exact) mass is 378 g/mol. The standard InChI is InChI=1S/C22H26N4O2/c1-16-7-9-18(10-8-16)28-17(2)15-27-22-21(26-13-11-23-12-14-26)24-19-5-3-4-6-20(19)25-22/h3-10,17,23H,11-15H2,1-2H3. The van der Waals surface area contributed by atoms with E-state index >= 15 is 0 Å². The molecule has 0 saturated carbocycles. The molecule has 28 heavy (non-hydrogen) atoms. The summed E-state index contributed by atoms with van der Waals surface area (Å²) in [6.07, 6.45) is -0.105. The van der Waals surface area contributed by atoms with Gasteiger partial charge in [0.2, 0.25) is 0 Å². The summed E-state index contributed by atoms with van der Waals surface area (Å²) in [6, 6.07) is 15.9. The quantitative estimate of drug-likeness (QED) is 0.711. The summed E-state index contributed by atoms with van der Waals surface area (Å²) < 4.78 is 12.1. The molecule has 146 valence electrons. The molecular formula is C22H26N4O2. The number of fused-ring (bicyclic) bond motifs is 1. The molecule has 1 fully saturated rings. The Bertz CT molecular complexity index is 923. The fourth-order valence-electron chi connectivity index (χ4n) is 3.23. The van der Waals surface area contributed by atoms with Gasteiger partial charge in [0.1, 0.15) is 18.5 Å². The maximum Gasteiger partial charge on any atom is 0.258 e. The SMILES string of the molecule is Cc1ccc(OC(C)COc2nc3ccccc3nc2N2CCNCC2)cc1. The summed E-state index contributed by atoms with van der Waals surface area (Å²) in [4.78, 5) is 11.8. The Kier molecular flexibility index (Phi) is 5.58. The number of aryl methyl sites for hydroxylation is 1. The van der Waals surface area contributed by atoms with Crippen molar-refractivity contribution < 1.29 is 9.47 Å². The van der Waals surface area contributed by atoms with E-state index in [0.717, 1.165) is 48.8 Å². The van der Waals surface area contributed by atoms with Gasteiger partial charge in [0, 0.05) is 26.2 Å². The molecule has 3 aromatic rings. The number of hydrogen-bond acceptors (Lipinski definition) is 6. The number of piperazine rings is 1. The molecule has 1 N–H and O–H groups in total. The molecule has 1 aliphatic rings. The zero-order chi connectivity index (χ0) is 19.3. The van der Waals surface area contributed by atoms with E-state index in [1.54, 1.807) is 0 Å². The van der Waals surface area contributed by atoms with Gasteiger partial charge >= 0.3 is 0 Å². The van der Waals surface area contributed by atoms with Crippen molar-refractivity contribution in [3.63, 3.8) is 0 Å². The van der Waals surface area contributed by atoms with E-state index in [-0.39, 0.29) is 6.10 Å². The van der Waals surface area contributed by atoms with Gasteiger partial charge in [-0.2, -0.15) is 0 Å². The van der Waals surface area contributed by atoms with Crippen molar-refractivity contribution in [2.75, 3.05) is 37.7 Å². The third-order valence-corrected chi connectivity index (χ3v) is 4.75. The van der Waals surface area contributed by atoms with Crippen LogP contribution >= 0.6 is 0 Å². The fraction of sp³-hybridized carbons (Fsp3) is 0.364. The van der Waals surface area contributed by atoms with E-state index in [4.69, 9.17) is 19.4 Å². The van der Waals surface area contributed by atoms with Crippen molar-refractivity contribution in [2.24, 2.45) is 0 Å². The van der Waals surface area contributed by atoms with Gasteiger partial charge in [-0.1, -0.05) is 29.8 Å². The lowest BCUT2D eigenvalue weighted by atomic mass is 10.2. The smallest absolute Gasteiger partial charge is 0.258 e. The van der Waals surface area contributed by atoms with E-state index in [9.17, 15) is 0 Å². The Morgan fingerprint density at radius 1 is 1.00 bits per heavy atom. The van der Waals surface area contributed by atoms with E-state index < -0.39 is 0 Å². The van der Waals surface area contributed by atoms with Crippen LogP contribution in [0.15, 0.2) is 48.5 Å². The number of rotatable bonds is 6. The van der Waals surface area contributed by atoms with Crippen LogP contribution in [0.3, 0.4) is 0 Å². The third-order valence-electron chi connectivity index (χ3n) is 4.75. The predicted octanol–water partition coefficient (Wildman–Crippen LogP) is 3.19. The van der Waals surface area contributed by atoms with Crippen LogP contribution in [0.25, 0.3) is 11.0 Å². The summed E-state index contributed by atoms with van der Waals surface area (Å²) in [5, 5.41) is 3.37. The van der Waals surface area contributed by atoms with Gasteiger partial charge in [0.25, 0.3) is 5.88 Å². The predicted molar refractivity (Wildman–Crippen MR) is 111 cm³/mol. The average molecular weight is 378 g/mol. The van der Waals surface area contributed by atoms with Crippen LogP contribution in [-0.2, 0) is 0 Å². The lowest BCUT2D eigenvalue weighted by Crippen LogP contribution is -2.44. The summed E-state index contributed by atoms with van der Waals surface area (Å²) in [6.45, 7) is 8.10. The minimum Gasteiger partial charge on any atom is -0.487 e. The van der Waals surface area contributed by atoms with Crippen LogP contribution in [0.5, 0.6) is 11.6 Å². The molecule has 2 heterocycles. The van der Waals surface area contributed by atoms with Gasteiger partial charge in [0.15, 0.2) is 5.82 Å². The Hall–Kier alpha value is -2.86. The Labute approximate surface area is 165 Å². The second kappa shape index (κ2) is 8.44. The number of nitrogens with zero attached hydrogens (tertiary/aromatic N) is 3. The number of aromatic nitrogens is 2. The third kappa shape index (κ3) is 4.34. The number of anilines is 1. The largest absolute Gasteiger partial charge is 0.487 e. The van der Waals surface area contributed by atoms with Crippen LogP contribution in [0.2, 0.25) is 0 Å². The highest BCUT2D eigenvalue weighted by molar-refractivity contribution is 5.77. The second-order valence-corrected chi connectivity index (χ2v) is 7.13. The highest BCUT2D eigenvalue weighted by Crippen LogP contribution is 2.27. The Morgan fingerprint density at radius 3 is 2.39 bits per heavy atom. The fourth-order valence-corrected chi connectivity index (χ4v) is 3.23. The van der Waals surface area contributed by atoms with Crippen LogP contribution in [-0.4, -0.2) is 48.9 Å². The van der Waals surface area contributed by atoms with Crippen molar-refractivity contribution >= 4 is 16.9 Å². The zero-order valence-electron chi connectivity index (χ0n) is 16.4. The van der Waals surface area contributed by atoms with Gasteiger partial charge in [-0.05, 0) is 38.1 Å². The van der Waals surface area contributed by atoms with Crippen molar-refractivity contribution in [1.82, 2.24) is 15.3 Å². The normalized spacial score (nSPS) is 15.4. The van der Waals surface area contributed by atoms with E-state index in [1.807, 2.05) is 55.5 Å². The molecule has 0 bridgehead atoms. The van der Waals surface area contributed by atoms with E-state index in [0.29, 0.717) is 12.5 Å². The van der Waals surface area contributed by atoms with Crippen LogP contribution in [0.4, 0.5) is 5.82 Å². The van der Waals surface area contributed by atoms with Crippen LogP contribution in [0, 0.1) is 6.92 Å². The lowest BCUT2D eigenvalue weighted by Gasteiger charge is -2.29. The molecule has 0 aliphatic carbocycles. The summed E-state index contributed by atoms with van der Waals surface area (Å²) in [7, 11) is 0. The molecular weight excluding hydrogens is 352 g/mol. The summed E-state index contributed by atoms with van der Waals surface area (Å²) in [5.74, 6) is 2.22. The van der Waals surface area contributed by atoms with Gasteiger partial charge in [-0.15, -0.1) is 0 Å². The van der Waals surface area contributed by atoms with Gasteiger partial charge in [0.05, 0.1) is 11.0 Å². The molecule has 2 aromatic carbocycles. The van der Waals surface area contributed by atoms with Crippen molar-refractivity contribution in [3.8, 4) is 11.6 Å². The maximum atomic E-state index is 6.10. The average Bonchev–Trinajstić information content (AvgIpc) is 2.74. The number of benzene rings is 2. The molecule has 6 heteroatoms. The highest BCUT2D eigenvalue weighted by Gasteiger charge is 2.20. The molecule has 1 saturated heterocycles. The first-order chi connectivity index (χ1) is 13.7. The van der Waals surface area contributed by atoms with Crippen LogP contribution in [0.1, 0.15) is 12.5 Å². The lowest BCUT2D eigenvalue weighted by molar-refractivity contribution is 0.140. The number of ether oxygens (including phenoxy) is 2. The van der Waals surface area contributed by atoms with Gasteiger partial charge < -0.3 is 19.7 Å². The van der Waals surface area contributed by atoms with Crippen molar-refractivity contribution in [2.45, 2.75) is 20.0 Å². The molecule has 1 unspecified atom stereocenters. The number of para-hydroxylation sites is 2. The number of hydrogen-bond donors (Lipinski definition) is 1. The van der Waals surface area contributed by atoms with Crippen molar-refractivity contribution in [1.29, 1.82) is 0 Å². The molecule has 6 nitrogen and oxygen atoms in total. The topological polar surface area (TPSA) is 59.5 Å². The second-order valence-electron chi connectivity index (χ2n) is 7.13. The van der Waals surface area contributed by atoms with E-state index in [1.165, 1.54) is 5.56 Å². The summed E-state index contributed by atoms with van der Waals surface area (Å²) >= 11 is 0. The van der Waals surface area contributed by atoms with E-state index in [2.05, 4.69) is 17.1 Å². The molecule has 4 rings (SSSR count). The molecule has 0 spiro atoms. The first-order valence-electron chi connectivity index (χ1n) is 9.77. The molecule has 1 atom stereocenters. The Balaban J connectivity index is 1.51. The highest BCUT2D eigenvalue weighted by atomic mass is 16.5. The molecule has 0 amide bonds. The minimum absolute atomic E-state index is 0.105. The van der Waals surface area contributed by atoms with Crippen LogP contribution < -0.4 is 19.7 Å². The number of nitrogens with one attached hydrogen (secondary N) is 1. The first-order valence-corrected chi connectivity index (χ1v) is 9.77. The maximum absolute atomic E-state index is 6.10.